The summed E-state index contributed by atoms with van der Waals surface area (Å²) in [7, 11) is 1.58. The van der Waals surface area contributed by atoms with E-state index >= 15 is 0 Å². The molecule has 0 aliphatic carbocycles. The molecule has 1 amide bonds. The van der Waals surface area contributed by atoms with Crippen LogP contribution in [0.15, 0.2) is 60.7 Å². The highest BCUT2D eigenvalue weighted by Crippen LogP contribution is 2.16. The van der Waals surface area contributed by atoms with Crippen LogP contribution in [-0.4, -0.2) is 30.6 Å². The molecule has 0 atom stereocenters. The maximum absolute atomic E-state index is 11.9. The van der Waals surface area contributed by atoms with E-state index in [-0.39, 0.29) is 18.9 Å². The number of esters is 1. The Morgan fingerprint density at radius 3 is 2.64 bits per heavy atom. The van der Waals surface area contributed by atoms with Crippen LogP contribution >= 0.6 is 0 Å². The SMILES string of the molecule is COc1ccccc1CNC(=O)COC(=O)CCc1ccc2ccccc2n1. The first-order valence-corrected chi connectivity index (χ1v) is 9.04. The Bertz CT molecular complexity index is 971. The van der Waals surface area contributed by atoms with Gasteiger partial charge in [0.1, 0.15) is 5.75 Å². The zero-order valence-electron chi connectivity index (χ0n) is 15.7. The Labute approximate surface area is 163 Å². The Kier molecular flexibility index (Phi) is 6.57. The molecule has 28 heavy (non-hydrogen) atoms. The van der Waals surface area contributed by atoms with Gasteiger partial charge in [-0.25, -0.2) is 0 Å². The maximum atomic E-state index is 11.9. The Balaban J connectivity index is 1.41. The molecule has 1 N–H and O–H groups in total. The summed E-state index contributed by atoms with van der Waals surface area (Å²) in [5, 5.41) is 3.77. The molecule has 0 aliphatic heterocycles. The van der Waals surface area contributed by atoms with Crippen LogP contribution < -0.4 is 10.1 Å². The highest BCUT2D eigenvalue weighted by atomic mass is 16.5. The third-order valence-corrected chi connectivity index (χ3v) is 4.27. The van der Waals surface area contributed by atoms with Gasteiger partial charge in [-0.05, 0) is 18.2 Å². The van der Waals surface area contributed by atoms with Crippen LogP contribution in [0.2, 0.25) is 0 Å². The number of para-hydroxylation sites is 2. The average Bonchev–Trinajstić information content (AvgIpc) is 2.74. The third-order valence-electron chi connectivity index (χ3n) is 4.27. The second kappa shape index (κ2) is 9.50. The summed E-state index contributed by atoms with van der Waals surface area (Å²) < 4.78 is 10.3. The minimum absolute atomic E-state index is 0.172. The van der Waals surface area contributed by atoms with Crippen LogP contribution in [0.25, 0.3) is 10.9 Å². The van der Waals surface area contributed by atoms with Gasteiger partial charge < -0.3 is 14.8 Å². The number of pyridine rings is 1. The van der Waals surface area contributed by atoms with Gasteiger partial charge >= 0.3 is 5.97 Å². The number of nitrogens with zero attached hydrogens (tertiary/aromatic N) is 1. The van der Waals surface area contributed by atoms with E-state index in [0.717, 1.165) is 22.2 Å². The lowest BCUT2D eigenvalue weighted by Crippen LogP contribution is -2.28. The van der Waals surface area contributed by atoms with E-state index in [2.05, 4.69) is 10.3 Å². The van der Waals surface area contributed by atoms with Crippen LogP contribution in [0.5, 0.6) is 5.75 Å². The maximum Gasteiger partial charge on any atom is 0.306 e. The lowest BCUT2D eigenvalue weighted by molar-refractivity contribution is -0.148. The van der Waals surface area contributed by atoms with Gasteiger partial charge in [0.15, 0.2) is 6.61 Å². The molecule has 0 bridgehead atoms. The van der Waals surface area contributed by atoms with E-state index in [0.29, 0.717) is 18.7 Å². The van der Waals surface area contributed by atoms with Crippen LogP contribution in [0.3, 0.4) is 0 Å². The molecule has 1 aromatic heterocycles. The van der Waals surface area contributed by atoms with Crippen molar-refractivity contribution >= 4 is 22.8 Å². The lowest BCUT2D eigenvalue weighted by atomic mass is 10.1. The number of rotatable bonds is 8. The summed E-state index contributed by atoms with van der Waals surface area (Å²) in [5.41, 5.74) is 2.56. The Morgan fingerprint density at radius 1 is 1.00 bits per heavy atom. The number of methoxy groups -OCH3 is 1. The van der Waals surface area contributed by atoms with Crippen LogP contribution in [0.4, 0.5) is 0 Å². The number of hydrogen-bond donors (Lipinski definition) is 1. The molecular formula is C22H22N2O4. The molecule has 2 aromatic carbocycles. The third kappa shape index (κ3) is 5.30. The molecule has 3 aromatic rings. The molecule has 1 heterocycles. The first-order chi connectivity index (χ1) is 13.7. The molecule has 3 rings (SSSR count). The van der Waals surface area contributed by atoms with Crippen molar-refractivity contribution in [3.63, 3.8) is 0 Å². The quantitative estimate of drug-likeness (QED) is 0.610. The van der Waals surface area contributed by atoms with Gasteiger partial charge in [-0.3, -0.25) is 14.6 Å². The summed E-state index contributed by atoms with van der Waals surface area (Å²) in [6, 6.07) is 19.1. The van der Waals surface area contributed by atoms with Gasteiger partial charge in [-0.2, -0.15) is 0 Å². The summed E-state index contributed by atoms with van der Waals surface area (Å²) in [6.45, 7) is 0.000534. The number of benzene rings is 2. The number of carbonyl (C=O) groups excluding carboxylic acids is 2. The van der Waals surface area contributed by atoms with Crippen molar-refractivity contribution in [3.05, 3.63) is 71.9 Å². The first kappa shape index (κ1) is 19.4. The highest BCUT2D eigenvalue weighted by molar-refractivity contribution is 5.81. The monoisotopic (exact) mass is 378 g/mol. The molecule has 0 aliphatic rings. The summed E-state index contributed by atoms with van der Waals surface area (Å²) in [6.07, 6.45) is 0.637. The summed E-state index contributed by atoms with van der Waals surface area (Å²) in [4.78, 5) is 28.3. The second-order valence-electron chi connectivity index (χ2n) is 6.24. The minimum atomic E-state index is -0.428. The number of aromatic nitrogens is 1. The van der Waals surface area contributed by atoms with E-state index in [1.54, 1.807) is 7.11 Å². The van der Waals surface area contributed by atoms with Gasteiger partial charge in [0.2, 0.25) is 0 Å². The van der Waals surface area contributed by atoms with Gasteiger partial charge in [0.25, 0.3) is 5.91 Å². The van der Waals surface area contributed by atoms with Gasteiger partial charge in [0.05, 0.1) is 19.0 Å². The standard InChI is InChI=1S/C22H22N2O4/c1-27-20-9-5-3-7-17(20)14-23-21(25)15-28-22(26)13-12-18-11-10-16-6-2-4-8-19(16)24-18/h2-11H,12-15H2,1H3,(H,23,25). The van der Waals surface area contributed by atoms with E-state index in [4.69, 9.17) is 9.47 Å². The Morgan fingerprint density at radius 2 is 1.79 bits per heavy atom. The number of carbonyl (C=O) groups is 2. The van der Waals surface area contributed by atoms with E-state index in [1.165, 1.54) is 0 Å². The number of aryl methyl sites for hydroxylation is 1. The van der Waals surface area contributed by atoms with Crippen LogP contribution in [-0.2, 0) is 27.3 Å². The number of ether oxygens (including phenoxy) is 2. The summed E-state index contributed by atoms with van der Waals surface area (Å²) in [5.74, 6) is -0.0897. The molecule has 6 heteroatoms. The molecule has 144 valence electrons. The van der Waals surface area contributed by atoms with Gasteiger partial charge in [0, 0.05) is 29.6 Å². The highest BCUT2D eigenvalue weighted by Gasteiger charge is 2.10. The van der Waals surface area contributed by atoms with Crippen molar-refractivity contribution in [2.75, 3.05) is 13.7 Å². The Hall–Kier alpha value is -3.41. The first-order valence-electron chi connectivity index (χ1n) is 9.04. The smallest absolute Gasteiger partial charge is 0.306 e. The molecule has 0 fully saturated rings. The van der Waals surface area contributed by atoms with Crippen LogP contribution in [0.1, 0.15) is 17.7 Å². The predicted octanol–water partition coefficient (Wildman–Crippen LogP) is 3.04. The van der Waals surface area contributed by atoms with Crippen molar-refractivity contribution in [1.29, 1.82) is 0 Å². The fourth-order valence-electron chi connectivity index (χ4n) is 2.79. The molecular weight excluding hydrogens is 356 g/mol. The van der Waals surface area contributed by atoms with Crippen molar-refractivity contribution in [1.82, 2.24) is 10.3 Å². The van der Waals surface area contributed by atoms with Crippen molar-refractivity contribution in [3.8, 4) is 5.75 Å². The fraction of sp³-hybridized carbons (Fsp3) is 0.227. The minimum Gasteiger partial charge on any atom is -0.496 e. The van der Waals surface area contributed by atoms with E-state index < -0.39 is 5.97 Å². The summed E-state index contributed by atoms with van der Waals surface area (Å²) >= 11 is 0. The van der Waals surface area contributed by atoms with E-state index in [1.807, 2.05) is 60.7 Å². The number of amides is 1. The topological polar surface area (TPSA) is 77.5 Å². The number of hydrogen-bond acceptors (Lipinski definition) is 5. The van der Waals surface area contributed by atoms with Crippen molar-refractivity contribution < 1.29 is 19.1 Å². The van der Waals surface area contributed by atoms with Crippen LogP contribution in [0, 0.1) is 0 Å². The molecule has 0 saturated heterocycles. The number of nitrogens with one attached hydrogen (secondary N) is 1. The average molecular weight is 378 g/mol. The van der Waals surface area contributed by atoms with Crippen molar-refractivity contribution in [2.45, 2.75) is 19.4 Å². The van der Waals surface area contributed by atoms with Gasteiger partial charge in [-0.15, -0.1) is 0 Å². The zero-order valence-corrected chi connectivity index (χ0v) is 15.7. The van der Waals surface area contributed by atoms with Gasteiger partial charge in [-0.1, -0.05) is 42.5 Å². The normalized spacial score (nSPS) is 10.5. The molecule has 0 spiro atoms. The van der Waals surface area contributed by atoms with E-state index in [9.17, 15) is 9.59 Å². The molecule has 0 unspecified atom stereocenters. The largest absolute Gasteiger partial charge is 0.496 e. The molecule has 0 saturated carbocycles. The fourth-order valence-corrected chi connectivity index (χ4v) is 2.79. The lowest BCUT2D eigenvalue weighted by Gasteiger charge is -2.10. The molecule has 6 nitrogen and oxygen atoms in total. The zero-order chi connectivity index (χ0) is 19.8. The number of fused-ring (bicyclic) bond motifs is 1. The predicted molar refractivity (Wildman–Crippen MR) is 106 cm³/mol. The van der Waals surface area contributed by atoms with Crippen molar-refractivity contribution in [2.24, 2.45) is 0 Å². The molecule has 0 radical (unpaired) electrons. The second-order valence-corrected chi connectivity index (χ2v) is 6.24.